The number of nitrogens with one attached hydrogen (secondary N) is 1. The zero-order valence-electron chi connectivity index (χ0n) is 10.9. The Balaban J connectivity index is 0.00000106. The van der Waals surface area contributed by atoms with E-state index in [0.29, 0.717) is 12.4 Å². The standard InChI is InChI=1S/C10H17N3O.C2H6/c1-8-4-5-10(12-6-8)13(14)7-9(2)11-3;1-2/h4-6,9,11,14H,7H2,1-3H3;1-2H3. The van der Waals surface area contributed by atoms with Gasteiger partial charge >= 0.3 is 0 Å². The Kier molecular flexibility index (Phi) is 7.50. The highest BCUT2D eigenvalue weighted by Crippen LogP contribution is 2.08. The van der Waals surface area contributed by atoms with Crippen molar-refractivity contribution in [1.82, 2.24) is 10.3 Å². The molecule has 1 rings (SSSR count). The summed E-state index contributed by atoms with van der Waals surface area (Å²) in [4.78, 5) is 4.11. The molecular weight excluding hydrogens is 202 g/mol. The Morgan fingerprint density at radius 2 is 2.06 bits per heavy atom. The average Bonchev–Trinajstić information content (AvgIpc) is 2.32. The van der Waals surface area contributed by atoms with Gasteiger partial charge in [-0.2, -0.15) is 0 Å². The van der Waals surface area contributed by atoms with E-state index in [0.717, 1.165) is 10.6 Å². The Labute approximate surface area is 98.3 Å². The smallest absolute Gasteiger partial charge is 0.152 e. The fourth-order valence-electron chi connectivity index (χ4n) is 1.06. The molecule has 1 aromatic rings. The largest absolute Gasteiger partial charge is 0.315 e. The van der Waals surface area contributed by atoms with Crippen molar-refractivity contribution in [3.63, 3.8) is 0 Å². The van der Waals surface area contributed by atoms with Crippen LogP contribution >= 0.6 is 0 Å². The quantitative estimate of drug-likeness (QED) is 0.771. The van der Waals surface area contributed by atoms with Crippen LogP contribution < -0.4 is 10.4 Å². The molecule has 4 nitrogen and oxygen atoms in total. The molecule has 1 atom stereocenters. The van der Waals surface area contributed by atoms with Crippen LogP contribution in [0.4, 0.5) is 5.82 Å². The first-order valence-electron chi connectivity index (χ1n) is 5.70. The third kappa shape index (κ3) is 5.09. The molecule has 0 aromatic carbocycles. The lowest BCUT2D eigenvalue weighted by atomic mass is 10.3. The summed E-state index contributed by atoms with van der Waals surface area (Å²) >= 11 is 0. The SMILES string of the molecule is CC.CNC(C)CN(O)c1ccc(C)cn1. The van der Waals surface area contributed by atoms with E-state index >= 15 is 0 Å². The summed E-state index contributed by atoms with van der Waals surface area (Å²) in [6, 6.07) is 3.95. The number of nitrogens with zero attached hydrogens (tertiary/aromatic N) is 2. The molecule has 4 heteroatoms. The zero-order valence-corrected chi connectivity index (χ0v) is 10.9. The van der Waals surface area contributed by atoms with Crippen LogP contribution in [-0.4, -0.2) is 29.8 Å². The third-order valence-corrected chi connectivity index (χ3v) is 2.10. The van der Waals surface area contributed by atoms with E-state index in [4.69, 9.17) is 0 Å². The third-order valence-electron chi connectivity index (χ3n) is 2.10. The van der Waals surface area contributed by atoms with Gasteiger partial charge in [0.15, 0.2) is 5.82 Å². The van der Waals surface area contributed by atoms with Crippen molar-refractivity contribution in [3.8, 4) is 0 Å². The first-order chi connectivity index (χ1) is 7.63. The minimum absolute atomic E-state index is 0.225. The van der Waals surface area contributed by atoms with Crippen LogP contribution in [0.1, 0.15) is 26.3 Å². The van der Waals surface area contributed by atoms with E-state index in [-0.39, 0.29) is 6.04 Å². The molecule has 0 bridgehead atoms. The van der Waals surface area contributed by atoms with E-state index in [1.807, 2.05) is 40.8 Å². The lowest BCUT2D eigenvalue weighted by Gasteiger charge is -2.19. The normalized spacial score (nSPS) is 11.4. The monoisotopic (exact) mass is 225 g/mol. The number of hydroxylamine groups is 1. The van der Waals surface area contributed by atoms with Crippen molar-refractivity contribution in [2.75, 3.05) is 18.7 Å². The second-order valence-corrected chi connectivity index (χ2v) is 3.47. The minimum atomic E-state index is 0.225. The van der Waals surface area contributed by atoms with E-state index < -0.39 is 0 Å². The van der Waals surface area contributed by atoms with Crippen LogP contribution in [0.2, 0.25) is 0 Å². The molecule has 0 aliphatic carbocycles. The Hall–Kier alpha value is -1.13. The number of hydrogen-bond donors (Lipinski definition) is 2. The molecule has 0 saturated heterocycles. The van der Waals surface area contributed by atoms with Crippen LogP contribution in [0.15, 0.2) is 18.3 Å². The molecule has 0 aliphatic heterocycles. The van der Waals surface area contributed by atoms with Gasteiger partial charge in [0.1, 0.15) is 0 Å². The summed E-state index contributed by atoms with van der Waals surface area (Å²) in [6.07, 6.45) is 1.74. The second kappa shape index (κ2) is 8.07. The van der Waals surface area contributed by atoms with Crippen molar-refractivity contribution < 1.29 is 5.21 Å². The van der Waals surface area contributed by atoms with E-state index in [1.165, 1.54) is 0 Å². The highest BCUT2D eigenvalue weighted by molar-refractivity contribution is 5.35. The van der Waals surface area contributed by atoms with Gasteiger partial charge in [-0.05, 0) is 32.5 Å². The maximum atomic E-state index is 9.64. The van der Waals surface area contributed by atoms with Gasteiger partial charge < -0.3 is 5.32 Å². The lowest BCUT2D eigenvalue weighted by molar-refractivity contribution is 0.240. The van der Waals surface area contributed by atoms with Gasteiger partial charge in [0.05, 0.1) is 6.54 Å². The van der Waals surface area contributed by atoms with Crippen LogP contribution in [0.5, 0.6) is 0 Å². The predicted molar refractivity (Wildman–Crippen MR) is 68.0 cm³/mol. The summed E-state index contributed by atoms with van der Waals surface area (Å²) in [7, 11) is 1.86. The molecule has 0 fully saturated rings. The predicted octanol–water partition coefficient (Wildman–Crippen LogP) is 2.22. The summed E-state index contributed by atoms with van der Waals surface area (Å²) < 4.78 is 0. The average molecular weight is 225 g/mol. The molecule has 92 valence electrons. The Morgan fingerprint density at radius 3 is 2.50 bits per heavy atom. The number of aryl methyl sites for hydroxylation is 1. The van der Waals surface area contributed by atoms with Gasteiger partial charge in [-0.3, -0.25) is 5.21 Å². The Morgan fingerprint density at radius 1 is 1.44 bits per heavy atom. The summed E-state index contributed by atoms with van der Waals surface area (Å²) in [5.41, 5.74) is 1.09. The van der Waals surface area contributed by atoms with Crippen molar-refractivity contribution in [3.05, 3.63) is 23.9 Å². The maximum absolute atomic E-state index is 9.64. The number of aromatic nitrogens is 1. The molecule has 0 aliphatic rings. The van der Waals surface area contributed by atoms with Crippen molar-refractivity contribution in [2.24, 2.45) is 0 Å². The minimum Gasteiger partial charge on any atom is -0.315 e. The topological polar surface area (TPSA) is 48.4 Å². The summed E-state index contributed by atoms with van der Waals surface area (Å²) in [5.74, 6) is 0.581. The molecule has 1 aromatic heterocycles. The molecule has 16 heavy (non-hydrogen) atoms. The van der Waals surface area contributed by atoms with Gasteiger partial charge in [0, 0.05) is 12.2 Å². The zero-order chi connectivity index (χ0) is 12.6. The molecule has 1 heterocycles. The molecule has 2 N–H and O–H groups in total. The molecule has 0 amide bonds. The van der Waals surface area contributed by atoms with Crippen LogP contribution in [0.3, 0.4) is 0 Å². The molecule has 0 saturated carbocycles. The fourth-order valence-corrected chi connectivity index (χ4v) is 1.06. The summed E-state index contributed by atoms with van der Waals surface area (Å²) in [6.45, 7) is 8.48. The molecular formula is C12H23N3O. The highest BCUT2D eigenvalue weighted by Gasteiger charge is 2.07. The first-order valence-corrected chi connectivity index (χ1v) is 5.70. The highest BCUT2D eigenvalue weighted by atomic mass is 16.5. The van der Waals surface area contributed by atoms with E-state index in [2.05, 4.69) is 10.3 Å². The molecule has 1 unspecified atom stereocenters. The Bertz CT molecular complexity index is 274. The van der Waals surface area contributed by atoms with Crippen LogP contribution in [0, 0.1) is 6.92 Å². The van der Waals surface area contributed by atoms with Gasteiger partial charge in [-0.25, -0.2) is 10.0 Å². The number of rotatable bonds is 4. The maximum Gasteiger partial charge on any atom is 0.152 e. The van der Waals surface area contributed by atoms with E-state index in [1.54, 1.807) is 12.3 Å². The number of hydrogen-bond acceptors (Lipinski definition) is 4. The summed E-state index contributed by atoms with van der Waals surface area (Å²) in [5, 5.41) is 13.8. The number of pyridine rings is 1. The van der Waals surface area contributed by atoms with Gasteiger partial charge in [0.2, 0.25) is 0 Å². The van der Waals surface area contributed by atoms with Gasteiger partial charge in [-0.15, -0.1) is 0 Å². The fraction of sp³-hybridized carbons (Fsp3) is 0.583. The van der Waals surface area contributed by atoms with Crippen LogP contribution in [0.25, 0.3) is 0 Å². The van der Waals surface area contributed by atoms with Crippen LogP contribution in [-0.2, 0) is 0 Å². The second-order valence-electron chi connectivity index (χ2n) is 3.47. The number of anilines is 1. The lowest BCUT2D eigenvalue weighted by Crippen LogP contribution is -2.36. The van der Waals surface area contributed by atoms with Gasteiger partial charge in [0.25, 0.3) is 0 Å². The van der Waals surface area contributed by atoms with Gasteiger partial charge in [-0.1, -0.05) is 19.9 Å². The molecule has 0 radical (unpaired) electrons. The number of likely N-dealkylation sites (N-methyl/N-ethyl adjacent to an activating group) is 1. The first kappa shape index (κ1) is 14.9. The van der Waals surface area contributed by atoms with Crippen molar-refractivity contribution >= 4 is 5.82 Å². The van der Waals surface area contributed by atoms with E-state index in [9.17, 15) is 5.21 Å². The molecule has 0 spiro atoms. The van der Waals surface area contributed by atoms with Crippen molar-refractivity contribution in [1.29, 1.82) is 0 Å². The van der Waals surface area contributed by atoms with Crippen molar-refractivity contribution in [2.45, 2.75) is 33.7 Å².